The summed E-state index contributed by atoms with van der Waals surface area (Å²) < 4.78 is 5.01. The van der Waals surface area contributed by atoms with Crippen LogP contribution in [0.2, 0.25) is 0 Å². The van der Waals surface area contributed by atoms with E-state index >= 15 is 0 Å². The van der Waals surface area contributed by atoms with Gasteiger partial charge in [-0.3, -0.25) is 9.59 Å². The highest BCUT2D eigenvalue weighted by atomic mass is 35.5. The first kappa shape index (κ1) is 14.9. The summed E-state index contributed by atoms with van der Waals surface area (Å²) in [7, 11) is 1.54. The number of anilines is 1. The van der Waals surface area contributed by atoms with Gasteiger partial charge in [0, 0.05) is 17.3 Å². The van der Waals surface area contributed by atoms with Gasteiger partial charge in [0.1, 0.15) is 11.5 Å². The van der Waals surface area contributed by atoms with Crippen molar-refractivity contribution >= 4 is 28.4 Å². The Bertz CT molecular complexity index is 683. The van der Waals surface area contributed by atoms with Crippen LogP contribution in [0.4, 0.5) is 5.69 Å². The van der Waals surface area contributed by atoms with E-state index in [-0.39, 0.29) is 17.2 Å². The molecule has 5 nitrogen and oxygen atoms in total. The van der Waals surface area contributed by atoms with Crippen molar-refractivity contribution in [1.82, 2.24) is 0 Å². The number of hydrogen-bond donors (Lipinski definition) is 2. The first-order chi connectivity index (χ1) is 10.0. The van der Waals surface area contributed by atoms with Crippen LogP contribution < -0.4 is 10.1 Å². The maximum atomic E-state index is 12.0. The van der Waals surface area contributed by atoms with Gasteiger partial charge in [-0.15, -0.1) is 0 Å². The Morgan fingerprint density at radius 1 is 1.14 bits per heavy atom. The molecule has 0 bridgehead atoms. The summed E-state index contributed by atoms with van der Waals surface area (Å²) in [5, 5.41) is 11.5. The molecule has 0 saturated carbocycles. The van der Waals surface area contributed by atoms with Gasteiger partial charge < -0.3 is 15.2 Å². The van der Waals surface area contributed by atoms with Crippen LogP contribution in [-0.2, 0) is 0 Å². The predicted molar refractivity (Wildman–Crippen MR) is 79.2 cm³/mol. The van der Waals surface area contributed by atoms with E-state index in [1.807, 2.05) is 0 Å². The second-order valence-electron chi connectivity index (χ2n) is 4.19. The van der Waals surface area contributed by atoms with Crippen LogP contribution in [0.25, 0.3) is 0 Å². The van der Waals surface area contributed by atoms with Gasteiger partial charge in [0.05, 0.1) is 12.7 Å². The van der Waals surface area contributed by atoms with Gasteiger partial charge in [-0.1, -0.05) is 0 Å². The fraction of sp³-hybridized carbons (Fsp3) is 0.0667. The average Bonchev–Trinajstić information content (AvgIpc) is 2.47. The van der Waals surface area contributed by atoms with Gasteiger partial charge in [0.15, 0.2) is 0 Å². The van der Waals surface area contributed by atoms with Gasteiger partial charge in [-0.25, -0.2) is 0 Å². The van der Waals surface area contributed by atoms with Crippen molar-refractivity contribution < 1.29 is 19.4 Å². The van der Waals surface area contributed by atoms with Crippen molar-refractivity contribution in [3.8, 4) is 11.5 Å². The number of amides is 1. The molecule has 2 N–H and O–H groups in total. The van der Waals surface area contributed by atoms with Gasteiger partial charge in [0.25, 0.3) is 11.1 Å². The number of nitrogens with one attached hydrogen (secondary N) is 1. The van der Waals surface area contributed by atoms with Gasteiger partial charge in [-0.2, -0.15) is 0 Å². The van der Waals surface area contributed by atoms with Gasteiger partial charge in [0.2, 0.25) is 0 Å². The molecule has 108 valence electrons. The maximum Gasteiger partial charge on any atom is 0.256 e. The monoisotopic (exact) mass is 305 g/mol. The molecule has 2 rings (SSSR count). The Kier molecular flexibility index (Phi) is 4.45. The van der Waals surface area contributed by atoms with E-state index in [9.17, 15) is 14.7 Å². The molecule has 0 aromatic heterocycles. The molecule has 0 aliphatic heterocycles. The van der Waals surface area contributed by atoms with E-state index in [1.54, 1.807) is 24.3 Å². The number of methoxy groups -OCH3 is 1. The molecule has 0 heterocycles. The zero-order valence-electron chi connectivity index (χ0n) is 11.1. The van der Waals surface area contributed by atoms with Crippen molar-refractivity contribution in [3.05, 3.63) is 53.6 Å². The molecular weight excluding hydrogens is 294 g/mol. The Labute approximate surface area is 126 Å². The number of phenols is 1. The van der Waals surface area contributed by atoms with Crippen LogP contribution in [0.1, 0.15) is 20.7 Å². The summed E-state index contributed by atoms with van der Waals surface area (Å²) in [6, 6.07) is 10.7. The minimum atomic E-state index is -0.763. The van der Waals surface area contributed by atoms with Crippen LogP contribution in [0, 0.1) is 0 Å². The van der Waals surface area contributed by atoms with Crippen LogP contribution >= 0.6 is 11.6 Å². The quantitative estimate of drug-likeness (QED) is 0.851. The second-order valence-corrected chi connectivity index (χ2v) is 4.53. The van der Waals surface area contributed by atoms with Crippen LogP contribution in [0.5, 0.6) is 11.5 Å². The molecule has 0 aliphatic rings. The lowest BCUT2D eigenvalue weighted by Crippen LogP contribution is -2.11. The lowest BCUT2D eigenvalue weighted by Gasteiger charge is -2.07. The maximum absolute atomic E-state index is 12.0. The van der Waals surface area contributed by atoms with Crippen LogP contribution in [-0.4, -0.2) is 23.4 Å². The standard InChI is InChI=1S/C15H12ClNO4/c1-21-11-5-2-9(3-6-11)15(20)17-10-4-7-12(14(16)19)13(18)8-10/h2-8,18H,1H3,(H,17,20). The number of halogens is 1. The number of rotatable bonds is 4. The molecule has 21 heavy (non-hydrogen) atoms. The minimum Gasteiger partial charge on any atom is -0.507 e. The second kappa shape index (κ2) is 6.28. The summed E-state index contributed by atoms with van der Waals surface area (Å²) in [4.78, 5) is 23.0. The third-order valence-electron chi connectivity index (χ3n) is 2.82. The lowest BCUT2D eigenvalue weighted by atomic mass is 10.1. The number of aromatic hydroxyl groups is 1. The molecule has 2 aromatic rings. The summed E-state index contributed by atoms with van der Waals surface area (Å²) in [5.41, 5.74) is 0.780. The first-order valence-electron chi connectivity index (χ1n) is 5.99. The lowest BCUT2D eigenvalue weighted by molar-refractivity contribution is 0.102. The summed E-state index contributed by atoms with van der Waals surface area (Å²) in [6.07, 6.45) is 0. The molecule has 0 unspecified atom stereocenters. The zero-order valence-corrected chi connectivity index (χ0v) is 11.8. The molecule has 0 radical (unpaired) electrons. The number of hydrogen-bond acceptors (Lipinski definition) is 4. The zero-order chi connectivity index (χ0) is 15.4. The van der Waals surface area contributed by atoms with E-state index in [4.69, 9.17) is 16.3 Å². The number of benzene rings is 2. The fourth-order valence-corrected chi connectivity index (χ4v) is 1.88. The van der Waals surface area contributed by atoms with E-state index < -0.39 is 5.24 Å². The molecule has 0 atom stereocenters. The van der Waals surface area contributed by atoms with Crippen molar-refractivity contribution in [2.75, 3.05) is 12.4 Å². The molecule has 6 heteroatoms. The van der Waals surface area contributed by atoms with E-state index in [0.29, 0.717) is 17.0 Å². The Hall–Kier alpha value is -2.53. The topological polar surface area (TPSA) is 75.6 Å². The number of carbonyl (C=O) groups excluding carboxylic acids is 2. The highest BCUT2D eigenvalue weighted by molar-refractivity contribution is 6.68. The first-order valence-corrected chi connectivity index (χ1v) is 6.37. The van der Waals surface area contributed by atoms with Crippen molar-refractivity contribution in [2.24, 2.45) is 0 Å². The van der Waals surface area contributed by atoms with Crippen molar-refractivity contribution in [2.45, 2.75) is 0 Å². The molecule has 2 aromatic carbocycles. The molecule has 0 spiro atoms. The Balaban J connectivity index is 2.15. The largest absolute Gasteiger partial charge is 0.507 e. The Morgan fingerprint density at radius 2 is 1.81 bits per heavy atom. The normalized spacial score (nSPS) is 10.0. The van der Waals surface area contributed by atoms with Gasteiger partial charge in [-0.05, 0) is 48.0 Å². The number of carbonyl (C=O) groups is 2. The molecule has 0 aliphatic carbocycles. The highest BCUT2D eigenvalue weighted by Crippen LogP contribution is 2.24. The third-order valence-corrected chi connectivity index (χ3v) is 3.02. The van der Waals surface area contributed by atoms with E-state index in [2.05, 4.69) is 5.32 Å². The third kappa shape index (κ3) is 3.52. The minimum absolute atomic E-state index is 0.0147. The Morgan fingerprint density at radius 3 is 2.33 bits per heavy atom. The number of ether oxygens (including phenoxy) is 1. The van der Waals surface area contributed by atoms with Gasteiger partial charge >= 0.3 is 0 Å². The van der Waals surface area contributed by atoms with E-state index in [1.165, 1.54) is 25.3 Å². The highest BCUT2D eigenvalue weighted by Gasteiger charge is 2.11. The summed E-state index contributed by atoms with van der Waals surface area (Å²) in [5.74, 6) is 0.0127. The van der Waals surface area contributed by atoms with E-state index in [0.717, 1.165) is 0 Å². The van der Waals surface area contributed by atoms with Crippen LogP contribution in [0.15, 0.2) is 42.5 Å². The summed E-state index contributed by atoms with van der Waals surface area (Å²) >= 11 is 5.29. The molecular formula is C15H12ClNO4. The van der Waals surface area contributed by atoms with Crippen molar-refractivity contribution in [1.29, 1.82) is 0 Å². The SMILES string of the molecule is COc1ccc(C(=O)Nc2ccc(C(=O)Cl)c(O)c2)cc1. The molecule has 1 amide bonds. The summed E-state index contributed by atoms with van der Waals surface area (Å²) in [6.45, 7) is 0. The predicted octanol–water partition coefficient (Wildman–Crippen LogP) is 3.03. The van der Waals surface area contributed by atoms with Crippen molar-refractivity contribution in [3.63, 3.8) is 0 Å². The fourth-order valence-electron chi connectivity index (χ4n) is 1.72. The average molecular weight is 306 g/mol. The molecule has 0 saturated heterocycles. The smallest absolute Gasteiger partial charge is 0.256 e. The number of phenolic OH excluding ortho intramolecular Hbond substituents is 1. The molecule has 0 fully saturated rings. The van der Waals surface area contributed by atoms with Crippen LogP contribution in [0.3, 0.4) is 0 Å².